The average Bonchev–Trinajstić information content (AvgIpc) is 2.70. The molecule has 2 heterocycles. The minimum atomic E-state index is -0.166. The first-order valence-electron chi connectivity index (χ1n) is 9.21. The Labute approximate surface area is 168 Å². The van der Waals surface area contributed by atoms with Gasteiger partial charge < -0.3 is 9.88 Å². The Kier molecular flexibility index (Phi) is 5.01. The average molecular weight is 394 g/mol. The predicted molar refractivity (Wildman–Crippen MR) is 109 cm³/mol. The number of benzene rings is 2. The highest BCUT2D eigenvalue weighted by Crippen LogP contribution is 2.18. The van der Waals surface area contributed by atoms with Crippen molar-refractivity contribution in [3.8, 4) is 0 Å². The smallest absolute Gasteiger partial charge is 0.256 e. The summed E-state index contributed by atoms with van der Waals surface area (Å²) in [7, 11) is 0. The molecule has 0 radical (unpaired) electrons. The van der Waals surface area contributed by atoms with Crippen LogP contribution in [-0.4, -0.2) is 27.3 Å². The van der Waals surface area contributed by atoms with Crippen LogP contribution in [0.5, 0.6) is 0 Å². The topological polar surface area (TPSA) is 66.1 Å². The molecule has 28 heavy (non-hydrogen) atoms. The summed E-state index contributed by atoms with van der Waals surface area (Å²) < 4.78 is 0. The van der Waals surface area contributed by atoms with E-state index in [0.29, 0.717) is 41.4 Å². The number of amides is 1. The Morgan fingerprint density at radius 2 is 1.86 bits per heavy atom. The maximum atomic E-state index is 12.7. The summed E-state index contributed by atoms with van der Waals surface area (Å²) in [5, 5.41) is 0.585. The molecule has 4 rings (SSSR count). The highest BCUT2D eigenvalue weighted by molar-refractivity contribution is 6.30. The molecule has 1 aliphatic heterocycles. The minimum Gasteiger partial charge on any atom is -0.334 e. The number of H-pyrrole nitrogens is 1. The molecule has 5 nitrogen and oxygen atoms in total. The lowest BCUT2D eigenvalue weighted by molar-refractivity contribution is 0.0732. The van der Waals surface area contributed by atoms with E-state index in [1.807, 2.05) is 31.2 Å². The van der Waals surface area contributed by atoms with Gasteiger partial charge in [-0.15, -0.1) is 0 Å². The second-order valence-corrected chi connectivity index (χ2v) is 7.52. The number of aromatic nitrogens is 2. The molecule has 1 amide bonds. The molecule has 0 bridgehead atoms. The number of fused-ring (bicyclic) bond motifs is 1. The summed E-state index contributed by atoms with van der Waals surface area (Å²) in [5.74, 6) is 0.551. The maximum absolute atomic E-state index is 12.7. The number of aromatic amines is 1. The van der Waals surface area contributed by atoms with Crippen molar-refractivity contribution in [2.75, 3.05) is 6.54 Å². The highest BCUT2D eigenvalue weighted by atomic mass is 35.5. The van der Waals surface area contributed by atoms with Crippen LogP contribution in [0.4, 0.5) is 0 Å². The van der Waals surface area contributed by atoms with Crippen LogP contribution in [0.15, 0.2) is 53.3 Å². The van der Waals surface area contributed by atoms with Crippen LogP contribution in [0.1, 0.15) is 38.6 Å². The Morgan fingerprint density at radius 3 is 2.57 bits per heavy atom. The van der Waals surface area contributed by atoms with Gasteiger partial charge in [-0.1, -0.05) is 41.4 Å². The monoisotopic (exact) mass is 393 g/mol. The van der Waals surface area contributed by atoms with Gasteiger partial charge in [0, 0.05) is 30.0 Å². The van der Waals surface area contributed by atoms with Crippen LogP contribution < -0.4 is 5.56 Å². The van der Waals surface area contributed by atoms with E-state index < -0.39 is 0 Å². The van der Waals surface area contributed by atoms with E-state index in [4.69, 9.17) is 11.6 Å². The molecule has 0 fully saturated rings. The fourth-order valence-corrected chi connectivity index (χ4v) is 3.53. The van der Waals surface area contributed by atoms with Gasteiger partial charge in [-0.05, 0) is 36.8 Å². The molecule has 0 aliphatic carbocycles. The fourth-order valence-electron chi connectivity index (χ4n) is 3.41. The first-order valence-corrected chi connectivity index (χ1v) is 9.59. The summed E-state index contributed by atoms with van der Waals surface area (Å²) >= 11 is 5.89. The summed E-state index contributed by atoms with van der Waals surface area (Å²) in [6, 6.07) is 15.0. The lowest BCUT2D eigenvalue weighted by atomic mass is 10.0. The maximum Gasteiger partial charge on any atom is 0.256 e. The van der Waals surface area contributed by atoms with E-state index in [1.54, 1.807) is 29.2 Å². The molecule has 3 aromatic rings. The van der Waals surface area contributed by atoms with Gasteiger partial charge in [0.15, 0.2) is 0 Å². The largest absolute Gasteiger partial charge is 0.334 e. The zero-order valence-electron chi connectivity index (χ0n) is 15.5. The summed E-state index contributed by atoms with van der Waals surface area (Å²) in [6.07, 6.45) is 1.15. The SMILES string of the molecule is Cc1ccc(Cc2nc3c(c(=O)[nH]2)CN(C(=O)c2ccc(Cl)cc2)CC3)cc1. The van der Waals surface area contributed by atoms with E-state index in [1.165, 1.54) is 5.56 Å². The van der Waals surface area contributed by atoms with Crippen molar-refractivity contribution < 1.29 is 4.79 Å². The number of hydrogen-bond donors (Lipinski definition) is 1. The predicted octanol–water partition coefficient (Wildman–Crippen LogP) is 3.52. The van der Waals surface area contributed by atoms with Crippen LogP contribution in [0, 0.1) is 6.92 Å². The van der Waals surface area contributed by atoms with Gasteiger partial charge in [0.2, 0.25) is 0 Å². The van der Waals surface area contributed by atoms with Gasteiger partial charge in [-0.25, -0.2) is 4.98 Å². The minimum absolute atomic E-state index is 0.106. The first kappa shape index (κ1) is 18.4. The number of carbonyl (C=O) groups excluding carboxylic acids is 1. The number of aryl methyl sites for hydroxylation is 1. The third-order valence-electron chi connectivity index (χ3n) is 4.99. The molecule has 1 aliphatic rings. The molecule has 0 unspecified atom stereocenters. The number of rotatable bonds is 3. The molecule has 0 saturated carbocycles. The normalized spacial score (nSPS) is 13.3. The van der Waals surface area contributed by atoms with Gasteiger partial charge in [-0.3, -0.25) is 9.59 Å². The van der Waals surface area contributed by atoms with Crippen molar-refractivity contribution in [3.05, 3.63) is 97.7 Å². The Hall–Kier alpha value is -2.92. The van der Waals surface area contributed by atoms with Gasteiger partial charge in [0.25, 0.3) is 11.5 Å². The standard InChI is InChI=1S/C22H20ClN3O2/c1-14-2-4-15(5-3-14)12-20-24-19-10-11-26(13-18(19)21(27)25-20)22(28)16-6-8-17(23)9-7-16/h2-9H,10-13H2,1H3,(H,24,25,27). The van der Waals surface area contributed by atoms with Crippen LogP contribution in [-0.2, 0) is 19.4 Å². The number of halogens is 1. The lowest BCUT2D eigenvalue weighted by Crippen LogP contribution is -2.39. The second-order valence-electron chi connectivity index (χ2n) is 7.08. The van der Waals surface area contributed by atoms with Crippen LogP contribution in [0.2, 0.25) is 5.02 Å². The third kappa shape index (κ3) is 3.85. The third-order valence-corrected chi connectivity index (χ3v) is 5.24. The fraction of sp³-hybridized carbons (Fsp3) is 0.227. The Morgan fingerprint density at radius 1 is 1.14 bits per heavy atom. The van der Waals surface area contributed by atoms with Crippen molar-refractivity contribution in [1.29, 1.82) is 0 Å². The molecule has 1 N–H and O–H groups in total. The van der Waals surface area contributed by atoms with Crippen LogP contribution in [0.3, 0.4) is 0 Å². The molecule has 0 saturated heterocycles. The summed E-state index contributed by atoms with van der Waals surface area (Å²) in [5.41, 5.74) is 4.05. The van der Waals surface area contributed by atoms with Crippen molar-refractivity contribution in [2.45, 2.75) is 26.3 Å². The van der Waals surface area contributed by atoms with Gasteiger partial charge in [0.1, 0.15) is 5.82 Å². The van der Waals surface area contributed by atoms with E-state index in [2.05, 4.69) is 9.97 Å². The van der Waals surface area contributed by atoms with Crippen molar-refractivity contribution >= 4 is 17.5 Å². The van der Waals surface area contributed by atoms with Crippen molar-refractivity contribution in [2.24, 2.45) is 0 Å². The van der Waals surface area contributed by atoms with Crippen LogP contribution in [0.25, 0.3) is 0 Å². The van der Waals surface area contributed by atoms with E-state index in [-0.39, 0.29) is 18.0 Å². The molecule has 0 spiro atoms. The first-order chi connectivity index (χ1) is 13.5. The summed E-state index contributed by atoms with van der Waals surface area (Å²) in [6.45, 7) is 2.85. The lowest BCUT2D eigenvalue weighted by Gasteiger charge is -2.28. The van der Waals surface area contributed by atoms with Crippen molar-refractivity contribution in [3.63, 3.8) is 0 Å². The number of carbonyl (C=O) groups is 1. The van der Waals surface area contributed by atoms with Gasteiger partial charge in [-0.2, -0.15) is 0 Å². The van der Waals surface area contributed by atoms with Gasteiger partial charge in [0.05, 0.1) is 17.8 Å². The zero-order chi connectivity index (χ0) is 19.7. The molecular weight excluding hydrogens is 374 g/mol. The molecule has 142 valence electrons. The van der Waals surface area contributed by atoms with E-state index in [0.717, 1.165) is 11.3 Å². The summed E-state index contributed by atoms with van der Waals surface area (Å²) in [4.78, 5) is 34.6. The Balaban J connectivity index is 1.54. The number of hydrogen-bond acceptors (Lipinski definition) is 3. The number of nitrogens with zero attached hydrogens (tertiary/aromatic N) is 2. The number of nitrogens with one attached hydrogen (secondary N) is 1. The quantitative estimate of drug-likeness (QED) is 0.740. The van der Waals surface area contributed by atoms with Crippen LogP contribution >= 0.6 is 11.6 Å². The molecular formula is C22H20ClN3O2. The highest BCUT2D eigenvalue weighted by Gasteiger charge is 2.25. The second kappa shape index (κ2) is 7.60. The Bertz CT molecular complexity index is 1070. The van der Waals surface area contributed by atoms with Gasteiger partial charge >= 0.3 is 0 Å². The molecule has 0 atom stereocenters. The molecule has 6 heteroatoms. The molecule has 2 aromatic carbocycles. The van der Waals surface area contributed by atoms with E-state index >= 15 is 0 Å². The molecule has 1 aromatic heterocycles. The zero-order valence-corrected chi connectivity index (χ0v) is 16.3. The van der Waals surface area contributed by atoms with Crippen molar-refractivity contribution in [1.82, 2.24) is 14.9 Å². The van der Waals surface area contributed by atoms with E-state index in [9.17, 15) is 9.59 Å².